The maximum atomic E-state index is 13.1. The minimum absolute atomic E-state index is 0.00814. The van der Waals surface area contributed by atoms with Crippen molar-refractivity contribution in [2.24, 2.45) is 0 Å². The number of aromatic nitrogens is 1. The molecule has 0 bridgehead atoms. The predicted octanol–water partition coefficient (Wildman–Crippen LogP) is 5.60. The van der Waals surface area contributed by atoms with Crippen molar-refractivity contribution in [3.63, 3.8) is 0 Å². The van der Waals surface area contributed by atoms with E-state index in [-0.39, 0.29) is 5.91 Å². The molecule has 4 nitrogen and oxygen atoms in total. The van der Waals surface area contributed by atoms with Crippen LogP contribution in [0.3, 0.4) is 0 Å². The van der Waals surface area contributed by atoms with Crippen LogP contribution in [-0.4, -0.2) is 42.0 Å². The number of rotatable bonds is 8. The quantitative estimate of drug-likeness (QED) is 0.487. The second kappa shape index (κ2) is 10.5. The standard InChI is InChI=1S/C27H33N3O/c1-21-13-14-25-23(19-21)24(20-26(29-25)22-11-5-2-6-12-22)27(31)28-15-7-3-8-16-30-17-9-4-10-18-30/h2,5-6,11-14,19-20H,3-4,7-10,15-18H2,1H3,(H,28,31). The van der Waals surface area contributed by atoms with Crippen LogP contribution in [0.1, 0.15) is 54.4 Å². The first-order chi connectivity index (χ1) is 15.2. The molecule has 1 aromatic heterocycles. The van der Waals surface area contributed by atoms with Crippen LogP contribution in [0.25, 0.3) is 22.2 Å². The van der Waals surface area contributed by atoms with Gasteiger partial charge in [0.05, 0.1) is 16.8 Å². The van der Waals surface area contributed by atoms with Crippen LogP contribution in [-0.2, 0) is 0 Å². The Kier molecular flexibility index (Phi) is 7.31. The highest BCUT2D eigenvalue weighted by Crippen LogP contribution is 2.25. The Balaban J connectivity index is 1.40. The van der Waals surface area contributed by atoms with Crippen LogP contribution in [0.4, 0.5) is 0 Å². The minimum Gasteiger partial charge on any atom is -0.352 e. The number of amides is 1. The van der Waals surface area contributed by atoms with Gasteiger partial charge in [0.15, 0.2) is 0 Å². The number of unbranched alkanes of at least 4 members (excludes halogenated alkanes) is 2. The molecule has 0 saturated carbocycles. The molecule has 3 aromatic rings. The fraction of sp³-hybridized carbons (Fsp3) is 0.407. The van der Waals surface area contributed by atoms with Gasteiger partial charge in [-0.15, -0.1) is 0 Å². The Labute approximate surface area is 185 Å². The number of hydrogen-bond donors (Lipinski definition) is 1. The summed E-state index contributed by atoms with van der Waals surface area (Å²) in [5.74, 6) is -0.00814. The maximum Gasteiger partial charge on any atom is 0.252 e. The van der Waals surface area contributed by atoms with Crippen molar-refractivity contribution in [2.45, 2.75) is 45.4 Å². The second-order valence-electron chi connectivity index (χ2n) is 8.66. The molecule has 31 heavy (non-hydrogen) atoms. The number of hydrogen-bond acceptors (Lipinski definition) is 3. The molecule has 1 N–H and O–H groups in total. The van der Waals surface area contributed by atoms with E-state index in [0.717, 1.165) is 47.1 Å². The van der Waals surface area contributed by atoms with Crippen LogP contribution in [0, 0.1) is 6.92 Å². The Morgan fingerprint density at radius 3 is 2.58 bits per heavy atom. The average molecular weight is 416 g/mol. The number of piperidine rings is 1. The molecule has 0 spiro atoms. The lowest BCUT2D eigenvalue weighted by molar-refractivity contribution is 0.0954. The maximum absolute atomic E-state index is 13.1. The highest BCUT2D eigenvalue weighted by molar-refractivity contribution is 6.07. The van der Waals surface area contributed by atoms with Crippen molar-refractivity contribution in [1.82, 2.24) is 15.2 Å². The number of carbonyl (C=O) groups is 1. The molecule has 162 valence electrons. The molecule has 0 atom stereocenters. The van der Waals surface area contributed by atoms with Gasteiger partial charge in [0.1, 0.15) is 0 Å². The molecule has 0 unspecified atom stereocenters. The molecular weight excluding hydrogens is 382 g/mol. The summed E-state index contributed by atoms with van der Waals surface area (Å²) in [6.07, 6.45) is 7.47. The van der Waals surface area contributed by atoms with Gasteiger partial charge in [-0.05, 0) is 70.4 Å². The summed E-state index contributed by atoms with van der Waals surface area (Å²) in [5, 5.41) is 4.07. The lowest BCUT2D eigenvalue weighted by atomic mass is 10.0. The highest BCUT2D eigenvalue weighted by Gasteiger charge is 2.14. The van der Waals surface area contributed by atoms with Crippen molar-refractivity contribution in [2.75, 3.05) is 26.2 Å². The summed E-state index contributed by atoms with van der Waals surface area (Å²) in [4.78, 5) is 20.5. The Morgan fingerprint density at radius 1 is 0.968 bits per heavy atom. The summed E-state index contributed by atoms with van der Waals surface area (Å²) >= 11 is 0. The summed E-state index contributed by atoms with van der Waals surface area (Å²) in [5.41, 5.74) is 4.56. The van der Waals surface area contributed by atoms with E-state index in [1.54, 1.807) is 0 Å². The van der Waals surface area contributed by atoms with Crippen LogP contribution >= 0.6 is 0 Å². The summed E-state index contributed by atoms with van der Waals surface area (Å²) in [6, 6.07) is 18.1. The van der Waals surface area contributed by atoms with Crippen molar-refractivity contribution in [3.8, 4) is 11.3 Å². The largest absolute Gasteiger partial charge is 0.352 e. The monoisotopic (exact) mass is 415 g/mol. The molecule has 4 rings (SSSR count). The summed E-state index contributed by atoms with van der Waals surface area (Å²) in [7, 11) is 0. The molecule has 1 saturated heterocycles. The molecule has 1 aliphatic heterocycles. The van der Waals surface area contributed by atoms with Crippen molar-refractivity contribution in [1.29, 1.82) is 0 Å². The number of fused-ring (bicyclic) bond motifs is 1. The van der Waals surface area contributed by atoms with E-state index in [1.807, 2.05) is 48.5 Å². The Bertz CT molecular complexity index is 1010. The predicted molar refractivity (Wildman–Crippen MR) is 128 cm³/mol. The second-order valence-corrected chi connectivity index (χ2v) is 8.66. The first kappa shape index (κ1) is 21.5. The fourth-order valence-electron chi connectivity index (χ4n) is 4.40. The highest BCUT2D eigenvalue weighted by atomic mass is 16.1. The lowest BCUT2D eigenvalue weighted by Gasteiger charge is -2.26. The number of pyridine rings is 1. The van der Waals surface area contributed by atoms with E-state index in [9.17, 15) is 4.79 Å². The minimum atomic E-state index is -0.00814. The number of carbonyl (C=O) groups excluding carboxylic acids is 1. The van der Waals surface area contributed by atoms with Gasteiger partial charge < -0.3 is 10.2 Å². The molecule has 2 heterocycles. The number of nitrogens with zero attached hydrogens (tertiary/aromatic N) is 2. The topological polar surface area (TPSA) is 45.2 Å². The van der Waals surface area contributed by atoms with E-state index in [4.69, 9.17) is 4.98 Å². The third-order valence-electron chi connectivity index (χ3n) is 6.16. The van der Waals surface area contributed by atoms with Gasteiger partial charge in [-0.2, -0.15) is 0 Å². The third-order valence-corrected chi connectivity index (χ3v) is 6.16. The molecule has 1 amide bonds. The van der Waals surface area contributed by atoms with Crippen molar-refractivity contribution >= 4 is 16.8 Å². The smallest absolute Gasteiger partial charge is 0.252 e. The summed E-state index contributed by atoms with van der Waals surface area (Å²) in [6.45, 7) is 6.48. The van der Waals surface area contributed by atoms with Gasteiger partial charge in [-0.1, -0.05) is 54.8 Å². The molecule has 1 aliphatic rings. The number of nitrogens with one attached hydrogen (secondary N) is 1. The van der Waals surface area contributed by atoms with Crippen LogP contribution in [0.5, 0.6) is 0 Å². The SMILES string of the molecule is Cc1ccc2nc(-c3ccccc3)cc(C(=O)NCCCCCN3CCCCC3)c2c1. The average Bonchev–Trinajstić information content (AvgIpc) is 2.81. The number of aryl methyl sites for hydroxylation is 1. The van der Waals surface area contributed by atoms with E-state index in [2.05, 4.69) is 23.2 Å². The normalized spacial score (nSPS) is 14.6. The van der Waals surface area contributed by atoms with E-state index in [0.29, 0.717) is 5.56 Å². The van der Waals surface area contributed by atoms with Crippen LogP contribution in [0.15, 0.2) is 54.6 Å². The number of likely N-dealkylation sites (tertiary alicyclic amines) is 1. The third kappa shape index (κ3) is 5.71. The molecule has 0 radical (unpaired) electrons. The van der Waals surface area contributed by atoms with E-state index in [1.165, 1.54) is 45.3 Å². The first-order valence-corrected chi connectivity index (χ1v) is 11.7. The summed E-state index contributed by atoms with van der Waals surface area (Å²) < 4.78 is 0. The lowest BCUT2D eigenvalue weighted by Crippen LogP contribution is -2.30. The zero-order chi connectivity index (χ0) is 21.5. The van der Waals surface area contributed by atoms with Crippen LogP contribution in [0.2, 0.25) is 0 Å². The van der Waals surface area contributed by atoms with E-state index >= 15 is 0 Å². The van der Waals surface area contributed by atoms with Gasteiger partial charge >= 0.3 is 0 Å². The van der Waals surface area contributed by atoms with Gasteiger partial charge in [0, 0.05) is 17.5 Å². The van der Waals surface area contributed by atoms with Gasteiger partial charge in [0.25, 0.3) is 5.91 Å². The Hall–Kier alpha value is -2.72. The number of benzene rings is 2. The van der Waals surface area contributed by atoms with Crippen LogP contribution < -0.4 is 5.32 Å². The molecule has 2 aromatic carbocycles. The van der Waals surface area contributed by atoms with E-state index < -0.39 is 0 Å². The molecular formula is C27H33N3O. The van der Waals surface area contributed by atoms with Gasteiger partial charge in [0.2, 0.25) is 0 Å². The van der Waals surface area contributed by atoms with Crippen molar-refractivity contribution in [3.05, 3.63) is 65.7 Å². The zero-order valence-electron chi connectivity index (χ0n) is 18.6. The Morgan fingerprint density at radius 2 is 1.77 bits per heavy atom. The van der Waals surface area contributed by atoms with Gasteiger partial charge in [-0.25, -0.2) is 4.98 Å². The molecule has 1 fully saturated rings. The van der Waals surface area contributed by atoms with Crippen molar-refractivity contribution < 1.29 is 4.79 Å². The fourth-order valence-corrected chi connectivity index (χ4v) is 4.40. The first-order valence-electron chi connectivity index (χ1n) is 11.7. The zero-order valence-corrected chi connectivity index (χ0v) is 18.6. The van der Waals surface area contributed by atoms with Gasteiger partial charge in [-0.3, -0.25) is 4.79 Å². The molecule has 0 aliphatic carbocycles. The molecule has 4 heteroatoms.